The molecule has 88 valence electrons. The van der Waals surface area contributed by atoms with Gasteiger partial charge in [0.2, 0.25) is 0 Å². The first-order valence-electron chi connectivity index (χ1n) is 6.34. The Kier molecular flexibility index (Phi) is 3.97. The van der Waals surface area contributed by atoms with Crippen molar-refractivity contribution in [3.8, 4) is 0 Å². The molecule has 2 heteroatoms. The lowest BCUT2D eigenvalue weighted by molar-refractivity contribution is 0.239. The Labute approximate surface area is 98.4 Å². The SMILES string of the molecule is CCC(CN)N1CCC(c2ccccc2)C1. The van der Waals surface area contributed by atoms with Crippen LogP contribution in [0.4, 0.5) is 0 Å². The van der Waals surface area contributed by atoms with Crippen molar-refractivity contribution < 1.29 is 0 Å². The molecular weight excluding hydrogens is 196 g/mol. The predicted molar refractivity (Wildman–Crippen MR) is 68.5 cm³/mol. The molecule has 0 saturated carbocycles. The fourth-order valence-electron chi connectivity index (χ4n) is 2.69. The van der Waals surface area contributed by atoms with Crippen LogP contribution in [0.3, 0.4) is 0 Å². The maximum absolute atomic E-state index is 5.81. The van der Waals surface area contributed by atoms with Crippen molar-refractivity contribution in [2.45, 2.75) is 31.7 Å². The Morgan fingerprint density at radius 3 is 2.75 bits per heavy atom. The molecule has 0 bridgehead atoms. The van der Waals surface area contributed by atoms with Crippen LogP contribution in [0.15, 0.2) is 30.3 Å². The number of benzene rings is 1. The topological polar surface area (TPSA) is 29.3 Å². The van der Waals surface area contributed by atoms with Crippen LogP contribution in [-0.2, 0) is 0 Å². The molecule has 0 radical (unpaired) electrons. The number of nitrogens with two attached hydrogens (primary N) is 1. The van der Waals surface area contributed by atoms with Crippen LogP contribution in [0, 0.1) is 0 Å². The molecule has 1 aliphatic rings. The van der Waals surface area contributed by atoms with Crippen LogP contribution in [0.25, 0.3) is 0 Å². The normalized spacial score (nSPS) is 23.5. The number of likely N-dealkylation sites (tertiary alicyclic amines) is 1. The molecule has 2 atom stereocenters. The zero-order valence-electron chi connectivity index (χ0n) is 10.1. The highest BCUT2D eigenvalue weighted by molar-refractivity contribution is 5.21. The van der Waals surface area contributed by atoms with Crippen molar-refractivity contribution in [2.75, 3.05) is 19.6 Å². The van der Waals surface area contributed by atoms with Crippen molar-refractivity contribution in [1.29, 1.82) is 0 Å². The molecule has 1 aliphatic heterocycles. The van der Waals surface area contributed by atoms with Gasteiger partial charge in [0.15, 0.2) is 0 Å². The van der Waals surface area contributed by atoms with Crippen LogP contribution < -0.4 is 5.73 Å². The van der Waals surface area contributed by atoms with E-state index in [-0.39, 0.29) is 0 Å². The molecule has 1 aromatic carbocycles. The van der Waals surface area contributed by atoms with Crippen molar-refractivity contribution in [3.05, 3.63) is 35.9 Å². The first-order chi connectivity index (χ1) is 7.85. The molecule has 1 aromatic rings. The monoisotopic (exact) mass is 218 g/mol. The lowest BCUT2D eigenvalue weighted by Crippen LogP contribution is -2.38. The molecule has 0 amide bonds. The van der Waals surface area contributed by atoms with Crippen molar-refractivity contribution in [1.82, 2.24) is 4.90 Å². The van der Waals surface area contributed by atoms with Gasteiger partial charge in [-0.15, -0.1) is 0 Å². The molecule has 1 saturated heterocycles. The van der Waals surface area contributed by atoms with Crippen LogP contribution in [0.5, 0.6) is 0 Å². The summed E-state index contributed by atoms with van der Waals surface area (Å²) in [5, 5.41) is 0. The molecule has 2 rings (SSSR count). The predicted octanol–water partition coefficient (Wildman–Crippen LogP) is 2.21. The highest BCUT2D eigenvalue weighted by atomic mass is 15.2. The summed E-state index contributed by atoms with van der Waals surface area (Å²) >= 11 is 0. The van der Waals surface area contributed by atoms with Gasteiger partial charge in [-0.05, 0) is 30.9 Å². The van der Waals surface area contributed by atoms with Gasteiger partial charge in [-0.25, -0.2) is 0 Å². The van der Waals surface area contributed by atoms with Gasteiger partial charge in [-0.3, -0.25) is 4.90 Å². The van der Waals surface area contributed by atoms with E-state index >= 15 is 0 Å². The van der Waals surface area contributed by atoms with E-state index < -0.39 is 0 Å². The van der Waals surface area contributed by atoms with E-state index in [9.17, 15) is 0 Å². The molecule has 0 aromatic heterocycles. The molecular formula is C14H22N2. The van der Waals surface area contributed by atoms with Gasteiger partial charge in [0.1, 0.15) is 0 Å². The third-order valence-corrected chi connectivity index (χ3v) is 3.75. The average Bonchev–Trinajstić information content (AvgIpc) is 2.81. The Bertz CT molecular complexity index is 306. The lowest BCUT2D eigenvalue weighted by Gasteiger charge is -2.25. The van der Waals surface area contributed by atoms with Crippen molar-refractivity contribution in [2.24, 2.45) is 5.73 Å². The average molecular weight is 218 g/mol. The molecule has 16 heavy (non-hydrogen) atoms. The molecule has 0 spiro atoms. The van der Waals surface area contributed by atoms with E-state index in [4.69, 9.17) is 5.73 Å². The third-order valence-electron chi connectivity index (χ3n) is 3.75. The summed E-state index contributed by atoms with van der Waals surface area (Å²) in [5.74, 6) is 0.710. The van der Waals surface area contributed by atoms with E-state index in [2.05, 4.69) is 42.2 Å². The highest BCUT2D eigenvalue weighted by Crippen LogP contribution is 2.28. The first kappa shape index (κ1) is 11.6. The molecule has 1 fully saturated rings. The number of hydrogen-bond acceptors (Lipinski definition) is 2. The van der Waals surface area contributed by atoms with E-state index in [1.165, 1.54) is 25.1 Å². The van der Waals surface area contributed by atoms with Gasteiger partial charge in [0.05, 0.1) is 0 Å². The number of hydrogen-bond donors (Lipinski definition) is 1. The highest BCUT2D eigenvalue weighted by Gasteiger charge is 2.27. The van der Waals surface area contributed by atoms with E-state index in [1.807, 2.05) is 0 Å². The fraction of sp³-hybridized carbons (Fsp3) is 0.571. The largest absolute Gasteiger partial charge is 0.329 e. The van der Waals surface area contributed by atoms with Crippen molar-refractivity contribution >= 4 is 0 Å². The minimum atomic E-state index is 0.578. The Balaban J connectivity index is 1.98. The number of rotatable bonds is 4. The van der Waals surface area contributed by atoms with Crippen LogP contribution >= 0.6 is 0 Å². The molecule has 2 unspecified atom stereocenters. The number of nitrogens with zero attached hydrogens (tertiary/aromatic N) is 1. The van der Waals surface area contributed by atoms with Gasteiger partial charge in [0, 0.05) is 19.1 Å². The summed E-state index contributed by atoms with van der Waals surface area (Å²) in [6, 6.07) is 11.4. The Morgan fingerprint density at radius 2 is 2.12 bits per heavy atom. The van der Waals surface area contributed by atoms with E-state index in [0.29, 0.717) is 12.0 Å². The maximum atomic E-state index is 5.81. The lowest BCUT2D eigenvalue weighted by atomic mass is 9.99. The van der Waals surface area contributed by atoms with Gasteiger partial charge in [0.25, 0.3) is 0 Å². The summed E-state index contributed by atoms with van der Waals surface area (Å²) in [7, 11) is 0. The Morgan fingerprint density at radius 1 is 1.38 bits per heavy atom. The van der Waals surface area contributed by atoms with Gasteiger partial charge in [-0.2, -0.15) is 0 Å². The van der Waals surface area contributed by atoms with Crippen LogP contribution in [-0.4, -0.2) is 30.6 Å². The summed E-state index contributed by atoms with van der Waals surface area (Å²) in [4.78, 5) is 2.55. The standard InChI is InChI=1S/C14H22N2/c1-2-14(10-15)16-9-8-13(11-16)12-6-4-3-5-7-12/h3-7,13-14H,2,8-11,15H2,1H3. The summed E-state index contributed by atoms with van der Waals surface area (Å²) in [5.41, 5.74) is 7.29. The second-order valence-electron chi connectivity index (χ2n) is 4.69. The Hall–Kier alpha value is -0.860. The quantitative estimate of drug-likeness (QED) is 0.839. The van der Waals surface area contributed by atoms with E-state index in [1.54, 1.807) is 0 Å². The second-order valence-corrected chi connectivity index (χ2v) is 4.69. The van der Waals surface area contributed by atoms with Crippen LogP contribution in [0.2, 0.25) is 0 Å². The zero-order valence-corrected chi connectivity index (χ0v) is 10.1. The molecule has 1 heterocycles. The molecule has 0 aliphatic carbocycles. The third kappa shape index (κ3) is 2.45. The van der Waals surface area contributed by atoms with Gasteiger partial charge < -0.3 is 5.73 Å². The zero-order chi connectivity index (χ0) is 11.4. The van der Waals surface area contributed by atoms with Crippen LogP contribution in [0.1, 0.15) is 31.2 Å². The maximum Gasteiger partial charge on any atom is 0.0216 e. The summed E-state index contributed by atoms with van der Waals surface area (Å²) in [6.45, 7) is 5.40. The first-order valence-corrected chi connectivity index (χ1v) is 6.34. The smallest absolute Gasteiger partial charge is 0.0216 e. The van der Waals surface area contributed by atoms with Gasteiger partial charge in [-0.1, -0.05) is 37.3 Å². The minimum absolute atomic E-state index is 0.578. The van der Waals surface area contributed by atoms with Crippen molar-refractivity contribution in [3.63, 3.8) is 0 Å². The van der Waals surface area contributed by atoms with Gasteiger partial charge >= 0.3 is 0 Å². The summed E-state index contributed by atoms with van der Waals surface area (Å²) < 4.78 is 0. The summed E-state index contributed by atoms with van der Waals surface area (Å²) in [6.07, 6.45) is 2.44. The molecule has 2 nitrogen and oxygen atoms in total. The fourth-order valence-corrected chi connectivity index (χ4v) is 2.69. The minimum Gasteiger partial charge on any atom is -0.329 e. The van der Waals surface area contributed by atoms with E-state index in [0.717, 1.165) is 13.0 Å². The second kappa shape index (κ2) is 5.46. The molecule has 2 N–H and O–H groups in total.